The lowest BCUT2D eigenvalue weighted by Gasteiger charge is -2.22. The number of amides is 1. The van der Waals surface area contributed by atoms with Gasteiger partial charge in [0, 0.05) is 11.0 Å². The van der Waals surface area contributed by atoms with Crippen molar-refractivity contribution in [3.05, 3.63) is 34.3 Å². The molecule has 0 unspecified atom stereocenters. The normalized spacial score (nSPS) is 11.4. The minimum absolute atomic E-state index is 0.352. The highest BCUT2D eigenvalue weighted by Gasteiger charge is 2.23. The van der Waals surface area contributed by atoms with Crippen molar-refractivity contribution in [2.75, 3.05) is 0 Å². The second-order valence-corrected chi connectivity index (χ2v) is 4.79. The Bertz CT molecular complexity index is 363. The van der Waals surface area contributed by atoms with Crippen molar-refractivity contribution in [3.8, 4) is 0 Å². The Kier molecular flexibility index (Phi) is 3.88. The molecule has 0 radical (unpaired) electrons. The largest absolute Gasteiger partial charge is 0.368 e. The standard InChI is InChI=1S/C11H15BrN2O/c1-11(2,10(13)15)14-7-8-5-3-4-6-9(8)12/h3-6,14H,7H2,1-2H3,(H2,13,15). The van der Waals surface area contributed by atoms with Gasteiger partial charge in [0.15, 0.2) is 0 Å². The summed E-state index contributed by atoms with van der Waals surface area (Å²) in [6.45, 7) is 4.15. The molecule has 1 rings (SSSR count). The van der Waals surface area contributed by atoms with Crippen molar-refractivity contribution in [1.82, 2.24) is 5.32 Å². The molecule has 1 aromatic rings. The number of hydrogen-bond acceptors (Lipinski definition) is 2. The Morgan fingerprint density at radius 3 is 2.60 bits per heavy atom. The van der Waals surface area contributed by atoms with Gasteiger partial charge in [0.25, 0.3) is 0 Å². The summed E-state index contributed by atoms with van der Waals surface area (Å²) in [7, 11) is 0. The van der Waals surface area contributed by atoms with Gasteiger partial charge in [-0.05, 0) is 25.5 Å². The second kappa shape index (κ2) is 4.77. The maximum atomic E-state index is 11.1. The molecule has 0 saturated carbocycles. The summed E-state index contributed by atoms with van der Waals surface area (Å²) in [5, 5.41) is 3.11. The number of nitrogens with two attached hydrogens (primary N) is 1. The number of nitrogens with one attached hydrogen (secondary N) is 1. The minimum Gasteiger partial charge on any atom is -0.368 e. The molecule has 0 aliphatic carbocycles. The summed E-state index contributed by atoms with van der Waals surface area (Å²) in [6, 6.07) is 7.87. The Balaban J connectivity index is 2.66. The summed E-state index contributed by atoms with van der Waals surface area (Å²) < 4.78 is 1.03. The van der Waals surface area contributed by atoms with Gasteiger partial charge in [0.2, 0.25) is 5.91 Å². The Morgan fingerprint density at radius 1 is 1.47 bits per heavy atom. The van der Waals surface area contributed by atoms with Gasteiger partial charge in [0.05, 0.1) is 5.54 Å². The molecule has 0 spiro atoms. The van der Waals surface area contributed by atoms with E-state index in [0.717, 1.165) is 10.0 Å². The van der Waals surface area contributed by atoms with E-state index >= 15 is 0 Å². The van der Waals surface area contributed by atoms with E-state index in [4.69, 9.17) is 5.73 Å². The maximum absolute atomic E-state index is 11.1. The van der Waals surface area contributed by atoms with Gasteiger partial charge in [-0.3, -0.25) is 10.1 Å². The quantitative estimate of drug-likeness (QED) is 0.877. The topological polar surface area (TPSA) is 55.1 Å². The van der Waals surface area contributed by atoms with E-state index < -0.39 is 5.54 Å². The van der Waals surface area contributed by atoms with Crippen molar-refractivity contribution < 1.29 is 4.79 Å². The van der Waals surface area contributed by atoms with E-state index in [9.17, 15) is 4.79 Å². The van der Waals surface area contributed by atoms with Gasteiger partial charge in [-0.25, -0.2) is 0 Å². The monoisotopic (exact) mass is 270 g/mol. The third kappa shape index (κ3) is 3.32. The average Bonchev–Trinajstić information content (AvgIpc) is 2.16. The zero-order chi connectivity index (χ0) is 11.5. The molecule has 0 heterocycles. The Morgan fingerprint density at radius 2 is 2.07 bits per heavy atom. The first-order valence-electron chi connectivity index (χ1n) is 4.72. The number of carbonyl (C=O) groups excluding carboxylic acids is 1. The predicted octanol–water partition coefficient (Wildman–Crippen LogP) is 1.80. The average molecular weight is 271 g/mol. The van der Waals surface area contributed by atoms with E-state index in [0.29, 0.717) is 6.54 Å². The van der Waals surface area contributed by atoms with Crippen molar-refractivity contribution in [2.45, 2.75) is 25.9 Å². The molecular weight excluding hydrogens is 256 g/mol. The fraction of sp³-hybridized carbons (Fsp3) is 0.364. The van der Waals surface area contributed by atoms with Crippen molar-refractivity contribution in [3.63, 3.8) is 0 Å². The minimum atomic E-state index is -0.685. The highest BCUT2D eigenvalue weighted by Crippen LogP contribution is 2.16. The van der Waals surface area contributed by atoms with Crippen LogP contribution in [-0.4, -0.2) is 11.4 Å². The van der Waals surface area contributed by atoms with Gasteiger partial charge in [0.1, 0.15) is 0 Å². The predicted molar refractivity (Wildman–Crippen MR) is 64.3 cm³/mol. The van der Waals surface area contributed by atoms with Gasteiger partial charge in [-0.15, -0.1) is 0 Å². The molecule has 0 aliphatic heterocycles. The highest BCUT2D eigenvalue weighted by atomic mass is 79.9. The number of benzene rings is 1. The molecule has 82 valence electrons. The molecule has 3 N–H and O–H groups in total. The van der Waals surface area contributed by atoms with Gasteiger partial charge in [-0.1, -0.05) is 34.1 Å². The fourth-order valence-corrected chi connectivity index (χ4v) is 1.47. The zero-order valence-corrected chi connectivity index (χ0v) is 10.5. The fourth-order valence-electron chi connectivity index (χ4n) is 1.05. The van der Waals surface area contributed by atoms with Gasteiger partial charge < -0.3 is 5.73 Å². The first-order chi connectivity index (χ1) is 6.93. The molecule has 0 aromatic heterocycles. The van der Waals surface area contributed by atoms with Crippen LogP contribution in [0.5, 0.6) is 0 Å². The van der Waals surface area contributed by atoms with Crippen LogP contribution >= 0.6 is 15.9 Å². The van der Waals surface area contributed by atoms with E-state index in [2.05, 4.69) is 21.2 Å². The van der Waals surface area contributed by atoms with Crippen LogP contribution in [-0.2, 0) is 11.3 Å². The first kappa shape index (κ1) is 12.2. The van der Waals surface area contributed by atoms with Crippen LogP contribution in [0.3, 0.4) is 0 Å². The zero-order valence-electron chi connectivity index (χ0n) is 8.88. The third-order valence-corrected chi connectivity index (χ3v) is 3.07. The summed E-state index contributed by atoms with van der Waals surface area (Å²) in [5.41, 5.74) is 5.68. The van der Waals surface area contributed by atoms with E-state index in [-0.39, 0.29) is 5.91 Å². The SMILES string of the molecule is CC(C)(NCc1ccccc1Br)C(N)=O. The molecule has 0 saturated heterocycles. The number of halogens is 1. The molecule has 0 bridgehead atoms. The third-order valence-electron chi connectivity index (χ3n) is 2.29. The number of carbonyl (C=O) groups is 1. The first-order valence-corrected chi connectivity index (χ1v) is 5.51. The van der Waals surface area contributed by atoms with Crippen LogP contribution < -0.4 is 11.1 Å². The second-order valence-electron chi connectivity index (χ2n) is 3.93. The summed E-state index contributed by atoms with van der Waals surface area (Å²) in [4.78, 5) is 11.1. The van der Waals surface area contributed by atoms with Crippen LogP contribution in [0.4, 0.5) is 0 Å². The van der Waals surface area contributed by atoms with Crippen molar-refractivity contribution in [2.24, 2.45) is 5.73 Å². The van der Waals surface area contributed by atoms with Crippen LogP contribution in [0.15, 0.2) is 28.7 Å². The highest BCUT2D eigenvalue weighted by molar-refractivity contribution is 9.10. The summed E-state index contributed by atoms with van der Waals surface area (Å²) in [6.07, 6.45) is 0. The Hall–Kier alpha value is -0.870. The molecule has 1 aromatic carbocycles. The smallest absolute Gasteiger partial charge is 0.237 e. The molecule has 3 nitrogen and oxygen atoms in total. The lowest BCUT2D eigenvalue weighted by molar-refractivity contribution is -0.123. The number of rotatable bonds is 4. The number of primary amides is 1. The van der Waals surface area contributed by atoms with Gasteiger partial charge >= 0.3 is 0 Å². The lowest BCUT2D eigenvalue weighted by Crippen LogP contribution is -2.50. The molecule has 0 fully saturated rings. The van der Waals surface area contributed by atoms with Crippen molar-refractivity contribution >= 4 is 21.8 Å². The maximum Gasteiger partial charge on any atom is 0.237 e. The van der Waals surface area contributed by atoms with Crippen molar-refractivity contribution in [1.29, 1.82) is 0 Å². The van der Waals surface area contributed by atoms with E-state index in [1.54, 1.807) is 13.8 Å². The Labute approximate surface area is 98.2 Å². The molecule has 0 aliphatic rings. The van der Waals surface area contributed by atoms with Crippen LogP contribution in [0, 0.1) is 0 Å². The van der Waals surface area contributed by atoms with Gasteiger partial charge in [-0.2, -0.15) is 0 Å². The summed E-state index contributed by atoms with van der Waals surface area (Å²) in [5.74, 6) is -0.352. The van der Waals surface area contributed by atoms with Crippen LogP contribution in [0.25, 0.3) is 0 Å². The lowest BCUT2D eigenvalue weighted by atomic mass is 10.0. The molecule has 0 atom stereocenters. The van der Waals surface area contributed by atoms with E-state index in [1.165, 1.54) is 0 Å². The molecule has 15 heavy (non-hydrogen) atoms. The summed E-state index contributed by atoms with van der Waals surface area (Å²) >= 11 is 3.44. The molecule has 1 amide bonds. The van der Waals surface area contributed by atoms with Crippen LogP contribution in [0.1, 0.15) is 19.4 Å². The van der Waals surface area contributed by atoms with E-state index in [1.807, 2.05) is 24.3 Å². The molecule has 4 heteroatoms. The number of hydrogen-bond donors (Lipinski definition) is 2. The van der Waals surface area contributed by atoms with Crippen LogP contribution in [0.2, 0.25) is 0 Å². The molecular formula is C11H15BrN2O.